The fourth-order valence-corrected chi connectivity index (χ4v) is 2.65. The lowest BCUT2D eigenvalue weighted by Crippen LogP contribution is -2.51. The van der Waals surface area contributed by atoms with Crippen LogP contribution in [0.2, 0.25) is 0 Å². The molecule has 0 aromatic rings. The molecule has 1 unspecified atom stereocenters. The lowest BCUT2D eigenvalue weighted by Gasteiger charge is -2.34. The minimum atomic E-state index is -0.435. The van der Waals surface area contributed by atoms with Gasteiger partial charge in [0, 0.05) is 7.05 Å². The van der Waals surface area contributed by atoms with Crippen molar-refractivity contribution >= 4 is 11.9 Å². The first kappa shape index (κ1) is 10.5. The lowest BCUT2D eigenvalue weighted by atomic mass is 9.76. The highest BCUT2D eigenvalue weighted by molar-refractivity contribution is 6.08. The van der Waals surface area contributed by atoms with Crippen LogP contribution >= 0.6 is 0 Å². The highest BCUT2D eigenvalue weighted by Gasteiger charge is 2.46. The molecule has 1 atom stereocenters. The van der Waals surface area contributed by atoms with Crippen molar-refractivity contribution in [2.45, 2.75) is 44.6 Å². The zero-order chi connectivity index (χ0) is 10.9. The molecule has 1 saturated carbocycles. The third-order valence-electron chi connectivity index (χ3n) is 3.73. The number of nitrogens with zero attached hydrogens (tertiary/aromatic N) is 1. The molecule has 0 aromatic carbocycles. The largest absolute Gasteiger partial charge is 0.342 e. The lowest BCUT2D eigenvalue weighted by molar-refractivity contribution is -0.125. The van der Waals surface area contributed by atoms with Gasteiger partial charge in [-0.25, -0.2) is 0 Å². The second kappa shape index (κ2) is 3.83. The van der Waals surface area contributed by atoms with Crippen molar-refractivity contribution in [3.05, 3.63) is 0 Å². The maximum atomic E-state index is 11.9. The van der Waals surface area contributed by atoms with Crippen molar-refractivity contribution in [2.24, 2.45) is 10.9 Å². The van der Waals surface area contributed by atoms with E-state index in [1.54, 1.807) is 7.05 Å². The number of carbonyl (C=O) groups excluding carboxylic acids is 1. The first-order valence-electron chi connectivity index (χ1n) is 5.73. The summed E-state index contributed by atoms with van der Waals surface area (Å²) in [6.07, 6.45) is 6.09. The molecule has 1 amide bonds. The normalized spacial score (nSPS) is 35.3. The minimum absolute atomic E-state index is 0.0787. The average Bonchev–Trinajstić information content (AvgIpc) is 2.57. The Kier molecular flexibility index (Phi) is 2.67. The molecule has 1 saturated heterocycles. The Hall–Kier alpha value is -1.06. The molecule has 4 heteroatoms. The molecule has 1 aliphatic carbocycles. The maximum Gasteiger partial charge on any atom is 0.252 e. The van der Waals surface area contributed by atoms with Gasteiger partial charge in [-0.05, 0) is 25.7 Å². The zero-order valence-corrected chi connectivity index (χ0v) is 9.47. The first-order chi connectivity index (χ1) is 7.16. The summed E-state index contributed by atoms with van der Waals surface area (Å²) < 4.78 is 0. The van der Waals surface area contributed by atoms with Crippen LogP contribution in [0, 0.1) is 5.92 Å². The molecular weight excluding hydrogens is 190 g/mol. The van der Waals surface area contributed by atoms with Gasteiger partial charge in [0.15, 0.2) is 5.96 Å². The van der Waals surface area contributed by atoms with Gasteiger partial charge < -0.3 is 5.32 Å². The summed E-state index contributed by atoms with van der Waals surface area (Å²) in [4.78, 5) is 15.9. The second-order valence-electron chi connectivity index (χ2n) is 4.69. The van der Waals surface area contributed by atoms with E-state index in [9.17, 15) is 4.79 Å². The number of aliphatic imine (C=N–C) groups is 1. The van der Waals surface area contributed by atoms with E-state index in [0.717, 1.165) is 12.8 Å². The number of carbonyl (C=O) groups is 1. The summed E-state index contributed by atoms with van der Waals surface area (Å²) in [7, 11) is 1.69. The van der Waals surface area contributed by atoms with Crippen LogP contribution in [-0.4, -0.2) is 24.5 Å². The maximum absolute atomic E-state index is 11.9. The van der Waals surface area contributed by atoms with Crippen LogP contribution in [0.25, 0.3) is 0 Å². The molecule has 2 rings (SSSR count). The number of guanidine groups is 1. The third kappa shape index (κ3) is 1.73. The van der Waals surface area contributed by atoms with Crippen LogP contribution in [-0.2, 0) is 4.79 Å². The summed E-state index contributed by atoms with van der Waals surface area (Å²) in [5.74, 6) is 1.15. The molecule has 0 bridgehead atoms. The summed E-state index contributed by atoms with van der Waals surface area (Å²) in [5.41, 5.74) is -0.435. The van der Waals surface area contributed by atoms with Crippen molar-refractivity contribution in [1.29, 1.82) is 0 Å². The van der Waals surface area contributed by atoms with Gasteiger partial charge in [0.25, 0.3) is 5.91 Å². The summed E-state index contributed by atoms with van der Waals surface area (Å²) in [6, 6.07) is 0. The van der Waals surface area contributed by atoms with Crippen molar-refractivity contribution in [3.8, 4) is 0 Å². The number of amides is 1. The molecule has 2 fully saturated rings. The van der Waals surface area contributed by atoms with Crippen LogP contribution in [0.15, 0.2) is 4.99 Å². The van der Waals surface area contributed by atoms with Crippen molar-refractivity contribution in [3.63, 3.8) is 0 Å². The van der Waals surface area contributed by atoms with E-state index in [1.165, 1.54) is 19.3 Å². The van der Waals surface area contributed by atoms with E-state index >= 15 is 0 Å². The van der Waals surface area contributed by atoms with Gasteiger partial charge in [0.1, 0.15) is 5.54 Å². The van der Waals surface area contributed by atoms with Crippen LogP contribution < -0.4 is 10.6 Å². The quantitative estimate of drug-likeness (QED) is 0.677. The van der Waals surface area contributed by atoms with E-state index in [1.807, 2.05) is 6.92 Å². The van der Waals surface area contributed by atoms with Gasteiger partial charge >= 0.3 is 0 Å². The topological polar surface area (TPSA) is 53.5 Å². The standard InChI is InChI=1S/C11H19N3O/c1-11(8-6-4-3-5-7-8)9(15)13-10(12-2)14-11/h8H,3-7H2,1-2H3,(H2,12,13,14,15). The number of nitrogens with one attached hydrogen (secondary N) is 2. The van der Waals surface area contributed by atoms with Crippen LogP contribution in [0.1, 0.15) is 39.0 Å². The van der Waals surface area contributed by atoms with E-state index in [0.29, 0.717) is 11.9 Å². The first-order valence-corrected chi connectivity index (χ1v) is 5.73. The van der Waals surface area contributed by atoms with Crippen molar-refractivity contribution in [1.82, 2.24) is 10.6 Å². The fourth-order valence-electron chi connectivity index (χ4n) is 2.65. The monoisotopic (exact) mass is 209 g/mol. The fraction of sp³-hybridized carbons (Fsp3) is 0.818. The van der Waals surface area contributed by atoms with E-state index in [2.05, 4.69) is 15.6 Å². The summed E-state index contributed by atoms with van der Waals surface area (Å²) in [5, 5.41) is 6.02. The Morgan fingerprint density at radius 3 is 2.53 bits per heavy atom. The van der Waals surface area contributed by atoms with Gasteiger partial charge in [-0.1, -0.05) is 19.3 Å². The summed E-state index contributed by atoms with van der Waals surface area (Å²) >= 11 is 0. The van der Waals surface area contributed by atoms with Gasteiger partial charge in [-0.2, -0.15) is 0 Å². The molecular formula is C11H19N3O. The zero-order valence-electron chi connectivity index (χ0n) is 9.47. The molecule has 1 heterocycles. The van der Waals surface area contributed by atoms with Gasteiger partial charge in [0.05, 0.1) is 0 Å². The third-order valence-corrected chi connectivity index (χ3v) is 3.73. The van der Waals surface area contributed by atoms with Gasteiger partial charge in [0.2, 0.25) is 0 Å². The number of rotatable bonds is 1. The molecule has 0 radical (unpaired) electrons. The number of hydrogen-bond acceptors (Lipinski definition) is 2. The Bertz CT molecular complexity index is 294. The van der Waals surface area contributed by atoms with Crippen molar-refractivity contribution in [2.75, 3.05) is 7.05 Å². The molecule has 84 valence electrons. The van der Waals surface area contributed by atoms with E-state index < -0.39 is 5.54 Å². The van der Waals surface area contributed by atoms with Crippen LogP contribution in [0.3, 0.4) is 0 Å². The SMILES string of the molecule is CN=C1NC(=O)C(C)(C2CCCCC2)N1. The predicted octanol–water partition coefficient (Wildman–Crippen LogP) is 1.03. The Morgan fingerprint density at radius 2 is 2.00 bits per heavy atom. The molecule has 4 nitrogen and oxygen atoms in total. The molecule has 15 heavy (non-hydrogen) atoms. The van der Waals surface area contributed by atoms with Crippen LogP contribution in [0.4, 0.5) is 0 Å². The Balaban J connectivity index is 2.14. The van der Waals surface area contributed by atoms with Gasteiger partial charge in [-0.15, -0.1) is 0 Å². The highest BCUT2D eigenvalue weighted by atomic mass is 16.2. The molecule has 0 aromatic heterocycles. The average molecular weight is 209 g/mol. The molecule has 0 spiro atoms. The van der Waals surface area contributed by atoms with Gasteiger partial charge in [-0.3, -0.25) is 15.1 Å². The Labute approximate surface area is 90.5 Å². The molecule has 1 aliphatic heterocycles. The summed E-state index contributed by atoms with van der Waals surface area (Å²) in [6.45, 7) is 2.00. The minimum Gasteiger partial charge on any atom is -0.342 e. The van der Waals surface area contributed by atoms with Crippen LogP contribution in [0.5, 0.6) is 0 Å². The Morgan fingerprint density at radius 1 is 1.33 bits per heavy atom. The predicted molar refractivity (Wildman–Crippen MR) is 59.6 cm³/mol. The molecule has 2 aliphatic rings. The second-order valence-corrected chi connectivity index (χ2v) is 4.69. The highest BCUT2D eigenvalue weighted by Crippen LogP contribution is 2.34. The van der Waals surface area contributed by atoms with E-state index in [-0.39, 0.29) is 5.91 Å². The smallest absolute Gasteiger partial charge is 0.252 e. The van der Waals surface area contributed by atoms with Crippen molar-refractivity contribution < 1.29 is 4.79 Å². The molecule has 2 N–H and O–H groups in total. The van der Waals surface area contributed by atoms with E-state index in [4.69, 9.17) is 0 Å². The number of hydrogen-bond donors (Lipinski definition) is 2.